The lowest BCUT2D eigenvalue weighted by atomic mass is 10.0. The van der Waals surface area contributed by atoms with E-state index in [4.69, 9.17) is 5.26 Å². The molecule has 0 aliphatic heterocycles. The summed E-state index contributed by atoms with van der Waals surface area (Å²) in [5, 5.41) is 19.6. The molecular weight excluding hydrogens is 276 g/mol. The number of nitrogens with zero attached hydrogens (tertiary/aromatic N) is 2. The van der Waals surface area contributed by atoms with Gasteiger partial charge in [0.15, 0.2) is 5.78 Å². The van der Waals surface area contributed by atoms with Crippen molar-refractivity contribution in [2.75, 3.05) is 5.33 Å². The van der Waals surface area contributed by atoms with Crippen molar-refractivity contribution in [2.24, 2.45) is 0 Å². The number of rotatable bonds is 3. The smallest absolute Gasteiger partial charge is 0.274 e. The van der Waals surface area contributed by atoms with Crippen molar-refractivity contribution in [1.29, 1.82) is 5.26 Å². The van der Waals surface area contributed by atoms with Gasteiger partial charge in [0.05, 0.1) is 21.9 Å². The molecule has 16 heavy (non-hydrogen) atoms. The molecule has 0 unspecified atom stereocenters. The third-order valence-electron chi connectivity index (χ3n) is 2.14. The second-order valence-corrected chi connectivity index (χ2v) is 3.65. The highest BCUT2D eigenvalue weighted by atomic mass is 79.9. The van der Waals surface area contributed by atoms with Crippen LogP contribution in [0.3, 0.4) is 0 Å². The Bertz CT molecular complexity index is 506. The average molecular weight is 283 g/mol. The molecule has 6 heteroatoms. The fourth-order valence-electron chi connectivity index (χ4n) is 1.24. The van der Waals surface area contributed by atoms with Crippen LogP contribution in [-0.2, 0) is 0 Å². The zero-order valence-corrected chi connectivity index (χ0v) is 9.94. The summed E-state index contributed by atoms with van der Waals surface area (Å²) in [6.07, 6.45) is 0. The summed E-state index contributed by atoms with van der Waals surface area (Å²) in [4.78, 5) is 21.5. The molecule has 1 rings (SSSR count). The van der Waals surface area contributed by atoms with Crippen LogP contribution < -0.4 is 0 Å². The van der Waals surface area contributed by atoms with Crippen LogP contribution in [0.2, 0.25) is 0 Å². The number of ketones is 1. The monoisotopic (exact) mass is 282 g/mol. The molecule has 0 aliphatic rings. The SMILES string of the molecule is Cc1c(C#N)cc(C(=O)CBr)cc1[N+](=O)[O-]. The first-order chi connectivity index (χ1) is 7.51. The maximum absolute atomic E-state index is 11.4. The Labute approximate surface area is 100.0 Å². The van der Waals surface area contributed by atoms with Crippen molar-refractivity contribution in [3.8, 4) is 6.07 Å². The summed E-state index contributed by atoms with van der Waals surface area (Å²) < 4.78 is 0. The van der Waals surface area contributed by atoms with Crippen LogP contribution >= 0.6 is 15.9 Å². The van der Waals surface area contributed by atoms with Gasteiger partial charge < -0.3 is 0 Å². The summed E-state index contributed by atoms with van der Waals surface area (Å²) in [6, 6.07) is 4.40. The molecule has 0 radical (unpaired) electrons. The summed E-state index contributed by atoms with van der Waals surface area (Å²) in [5.74, 6) is -0.292. The van der Waals surface area contributed by atoms with Gasteiger partial charge in [-0.25, -0.2) is 0 Å². The minimum atomic E-state index is -0.596. The van der Waals surface area contributed by atoms with Gasteiger partial charge in [0.2, 0.25) is 0 Å². The Morgan fingerprint density at radius 3 is 2.69 bits per heavy atom. The van der Waals surface area contributed by atoms with Gasteiger partial charge in [0.1, 0.15) is 0 Å². The summed E-state index contributed by atoms with van der Waals surface area (Å²) >= 11 is 2.98. The number of carbonyl (C=O) groups excluding carboxylic acids is 1. The van der Waals surface area contributed by atoms with Crippen molar-refractivity contribution >= 4 is 27.4 Å². The quantitative estimate of drug-likeness (QED) is 0.369. The molecule has 0 saturated heterocycles. The first-order valence-electron chi connectivity index (χ1n) is 4.29. The number of nitro groups is 1. The van der Waals surface area contributed by atoms with Crippen molar-refractivity contribution in [3.63, 3.8) is 0 Å². The molecule has 0 spiro atoms. The molecule has 0 N–H and O–H groups in total. The molecule has 0 fully saturated rings. The first kappa shape index (κ1) is 12.3. The van der Waals surface area contributed by atoms with E-state index in [0.29, 0.717) is 0 Å². The Kier molecular flexibility index (Phi) is 3.74. The fraction of sp³-hybridized carbons (Fsp3) is 0.200. The van der Waals surface area contributed by atoms with Crippen molar-refractivity contribution in [2.45, 2.75) is 6.92 Å². The lowest BCUT2D eigenvalue weighted by Gasteiger charge is -2.03. The Morgan fingerprint density at radius 1 is 1.62 bits per heavy atom. The molecule has 0 saturated carbocycles. The van der Waals surface area contributed by atoms with Gasteiger partial charge in [-0.3, -0.25) is 14.9 Å². The number of halogens is 1. The molecule has 1 aromatic rings. The zero-order valence-electron chi connectivity index (χ0n) is 8.36. The minimum absolute atomic E-state index is 0.0675. The number of benzene rings is 1. The lowest BCUT2D eigenvalue weighted by molar-refractivity contribution is -0.385. The lowest BCUT2D eigenvalue weighted by Crippen LogP contribution is -2.04. The van der Waals surface area contributed by atoms with Gasteiger partial charge in [0.25, 0.3) is 5.69 Å². The number of hydrogen-bond acceptors (Lipinski definition) is 4. The molecule has 0 atom stereocenters. The molecule has 0 heterocycles. The maximum Gasteiger partial charge on any atom is 0.274 e. The highest BCUT2D eigenvalue weighted by Gasteiger charge is 2.18. The zero-order chi connectivity index (χ0) is 12.3. The third kappa shape index (κ3) is 2.25. The molecular formula is C10H7BrN2O3. The van der Waals surface area contributed by atoms with E-state index in [0.717, 1.165) is 0 Å². The van der Waals surface area contributed by atoms with Crippen LogP contribution in [0.5, 0.6) is 0 Å². The number of Topliss-reactive ketones (excluding diaryl/α,β-unsaturated/α-hetero) is 1. The molecule has 0 aliphatic carbocycles. The predicted octanol–water partition coefficient (Wildman–Crippen LogP) is 2.35. The van der Waals surface area contributed by atoms with E-state index >= 15 is 0 Å². The van der Waals surface area contributed by atoms with Crippen molar-refractivity contribution in [3.05, 3.63) is 38.9 Å². The molecule has 82 valence electrons. The minimum Gasteiger partial charge on any atom is -0.293 e. The van der Waals surface area contributed by atoms with Crippen molar-refractivity contribution < 1.29 is 9.72 Å². The maximum atomic E-state index is 11.4. The van der Waals surface area contributed by atoms with Gasteiger partial charge >= 0.3 is 0 Å². The van der Waals surface area contributed by atoms with Crippen molar-refractivity contribution in [1.82, 2.24) is 0 Å². The number of nitriles is 1. The molecule has 5 nitrogen and oxygen atoms in total. The second-order valence-electron chi connectivity index (χ2n) is 3.09. The van der Waals surface area contributed by atoms with Crippen LogP contribution in [0.4, 0.5) is 5.69 Å². The number of hydrogen-bond donors (Lipinski definition) is 0. The molecule has 1 aromatic carbocycles. The van der Waals surface area contributed by atoms with E-state index < -0.39 is 4.92 Å². The van der Waals surface area contributed by atoms with Gasteiger partial charge in [-0.05, 0) is 13.0 Å². The normalized spacial score (nSPS) is 9.56. The first-order valence-corrected chi connectivity index (χ1v) is 5.41. The van der Waals surface area contributed by atoms with Gasteiger partial charge in [-0.1, -0.05) is 15.9 Å². The van der Waals surface area contributed by atoms with Gasteiger partial charge in [-0.2, -0.15) is 5.26 Å². The van der Waals surface area contributed by atoms with E-state index in [1.807, 2.05) is 6.07 Å². The summed E-state index contributed by atoms with van der Waals surface area (Å²) in [5.41, 5.74) is 0.395. The summed E-state index contributed by atoms with van der Waals surface area (Å²) in [6.45, 7) is 1.49. The van der Waals surface area contributed by atoms with E-state index in [1.165, 1.54) is 19.1 Å². The molecule has 0 aromatic heterocycles. The number of alkyl halides is 1. The van der Waals surface area contributed by atoms with E-state index in [1.54, 1.807) is 0 Å². The van der Waals surface area contributed by atoms with Crippen LogP contribution in [0, 0.1) is 28.4 Å². The topological polar surface area (TPSA) is 84.0 Å². The van der Waals surface area contributed by atoms with Crippen LogP contribution in [0.1, 0.15) is 21.5 Å². The second kappa shape index (κ2) is 4.86. The summed E-state index contributed by atoms with van der Waals surface area (Å²) in [7, 11) is 0. The Balaban J connectivity index is 3.47. The standard InChI is InChI=1S/C10H7BrN2O3/c1-6-8(5-12)2-7(10(14)4-11)3-9(6)13(15)16/h2-3H,4H2,1H3. The fourth-order valence-corrected chi connectivity index (χ4v) is 1.57. The van der Waals surface area contributed by atoms with Crippen LogP contribution in [-0.4, -0.2) is 16.0 Å². The average Bonchev–Trinajstić information content (AvgIpc) is 2.27. The van der Waals surface area contributed by atoms with Crippen LogP contribution in [0.15, 0.2) is 12.1 Å². The van der Waals surface area contributed by atoms with E-state index in [2.05, 4.69) is 15.9 Å². The highest BCUT2D eigenvalue weighted by molar-refractivity contribution is 9.09. The van der Waals surface area contributed by atoms with E-state index in [-0.39, 0.29) is 33.5 Å². The largest absolute Gasteiger partial charge is 0.293 e. The Hall–Kier alpha value is -1.74. The molecule has 0 amide bonds. The van der Waals surface area contributed by atoms with Crippen LogP contribution in [0.25, 0.3) is 0 Å². The predicted molar refractivity (Wildman–Crippen MR) is 60.7 cm³/mol. The van der Waals surface area contributed by atoms with Gasteiger partial charge in [-0.15, -0.1) is 0 Å². The highest BCUT2D eigenvalue weighted by Crippen LogP contribution is 2.23. The molecule has 0 bridgehead atoms. The number of nitro benzene ring substituents is 1. The third-order valence-corrected chi connectivity index (χ3v) is 2.65. The Morgan fingerprint density at radius 2 is 2.25 bits per heavy atom. The van der Waals surface area contributed by atoms with E-state index in [9.17, 15) is 14.9 Å². The number of carbonyl (C=O) groups is 1. The van der Waals surface area contributed by atoms with Gasteiger partial charge in [0, 0.05) is 17.2 Å².